The zero-order valence-corrected chi connectivity index (χ0v) is 11.5. The van der Waals surface area contributed by atoms with Crippen molar-refractivity contribution in [2.24, 2.45) is 11.7 Å². The number of thiophene rings is 1. The molecule has 0 amide bonds. The summed E-state index contributed by atoms with van der Waals surface area (Å²) in [6.07, 6.45) is 4.20. The predicted molar refractivity (Wildman–Crippen MR) is 72.8 cm³/mol. The van der Waals surface area contributed by atoms with Gasteiger partial charge in [0.25, 0.3) is 0 Å². The highest BCUT2D eigenvalue weighted by Crippen LogP contribution is 2.37. The third kappa shape index (κ3) is 2.62. The van der Waals surface area contributed by atoms with Crippen molar-refractivity contribution >= 4 is 11.3 Å². The van der Waals surface area contributed by atoms with Crippen LogP contribution in [0.1, 0.15) is 24.1 Å². The molecule has 3 unspecified atom stereocenters. The largest absolute Gasteiger partial charge is 0.378 e. The fourth-order valence-corrected chi connectivity index (χ4v) is 3.90. The van der Waals surface area contributed by atoms with Gasteiger partial charge in [-0.2, -0.15) is 0 Å². The third-order valence-corrected chi connectivity index (χ3v) is 5.12. The van der Waals surface area contributed by atoms with Crippen molar-refractivity contribution in [1.29, 1.82) is 0 Å². The first-order chi connectivity index (χ1) is 8.77. The molecule has 3 heterocycles. The van der Waals surface area contributed by atoms with Crippen LogP contribution in [-0.2, 0) is 15.9 Å². The van der Waals surface area contributed by atoms with Crippen LogP contribution in [-0.4, -0.2) is 31.5 Å². The standard InChI is InChI=1S/C14H21NO2S/c15-13(8-12-2-1-7-18-12)11-3-5-17-14(9-11)4-6-16-10-14/h1-2,7,11,13H,3-6,8-10,15H2. The molecule has 4 heteroatoms. The second-order valence-electron chi connectivity index (χ2n) is 5.53. The van der Waals surface area contributed by atoms with Gasteiger partial charge in [0.15, 0.2) is 0 Å². The highest BCUT2D eigenvalue weighted by molar-refractivity contribution is 7.09. The van der Waals surface area contributed by atoms with Crippen LogP contribution in [0, 0.1) is 5.92 Å². The molecule has 18 heavy (non-hydrogen) atoms. The van der Waals surface area contributed by atoms with Crippen molar-refractivity contribution < 1.29 is 9.47 Å². The maximum atomic E-state index is 6.40. The van der Waals surface area contributed by atoms with E-state index in [1.54, 1.807) is 11.3 Å². The molecule has 3 rings (SSSR count). The zero-order valence-electron chi connectivity index (χ0n) is 10.6. The quantitative estimate of drug-likeness (QED) is 0.913. The first kappa shape index (κ1) is 12.6. The summed E-state index contributed by atoms with van der Waals surface area (Å²) in [5, 5.41) is 2.12. The van der Waals surface area contributed by atoms with E-state index in [-0.39, 0.29) is 11.6 Å². The predicted octanol–water partition coefficient (Wildman–Crippen LogP) is 2.20. The van der Waals surface area contributed by atoms with Crippen LogP contribution in [0.2, 0.25) is 0 Å². The Bertz CT molecular complexity index is 373. The summed E-state index contributed by atoms with van der Waals surface area (Å²) < 4.78 is 11.5. The van der Waals surface area contributed by atoms with Crippen LogP contribution in [0.3, 0.4) is 0 Å². The van der Waals surface area contributed by atoms with E-state index < -0.39 is 0 Å². The monoisotopic (exact) mass is 267 g/mol. The molecular weight excluding hydrogens is 246 g/mol. The average molecular weight is 267 g/mol. The molecular formula is C14H21NO2S. The number of ether oxygens (including phenoxy) is 2. The van der Waals surface area contributed by atoms with Crippen LogP contribution in [0.4, 0.5) is 0 Å². The Labute approximate surface area is 112 Å². The Balaban J connectivity index is 1.61. The van der Waals surface area contributed by atoms with Crippen LogP contribution in [0.15, 0.2) is 17.5 Å². The fourth-order valence-electron chi connectivity index (χ4n) is 3.12. The van der Waals surface area contributed by atoms with Gasteiger partial charge in [0.05, 0.1) is 12.2 Å². The molecule has 2 aliphatic heterocycles. The lowest BCUT2D eigenvalue weighted by molar-refractivity contribution is -0.101. The minimum absolute atomic E-state index is 0.0179. The molecule has 2 aliphatic rings. The Kier molecular flexibility index (Phi) is 3.71. The summed E-state index contributed by atoms with van der Waals surface area (Å²) in [6, 6.07) is 4.53. The highest BCUT2D eigenvalue weighted by atomic mass is 32.1. The Hall–Kier alpha value is -0.420. The van der Waals surface area contributed by atoms with Crippen molar-refractivity contribution in [2.45, 2.75) is 37.3 Å². The minimum Gasteiger partial charge on any atom is -0.378 e. The molecule has 2 saturated heterocycles. The Morgan fingerprint density at radius 1 is 1.50 bits per heavy atom. The molecule has 2 fully saturated rings. The average Bonchev–Trinajstić information content (AvgIpc) is 3.02. The van der Waals surface area contributed by atoms with E-state index in [2.05, 4.69) is 17.5 Å². The normalized spacial score (nSPS) is 33.9. The third-order valence-electron chi connectivity index (χ3n) is 4.22. The zero-order chi connectivity index (χ0) is 12.4. The molecule has 1 aromatic heterocycles. The maximum Gasteiger partial charge on any atom is 0.0939 e. The number of hydrogen-bond acceptors (Lipinski definition) is 4. The van der Waals surface area contributed by atoms with E-state index in [9.17, 15) is 0 Å². The molecule has 3 nitrogen and oxygen atoms in total. The van der Waals surface area contributed by atoms with Crippen molar-refractivity contribution in [3.63, 3.8) is 0 Å². The molecule has 0 saturated carbocycles. The lowest BCUT2D eigenvalue weighted by Gasteiger charge is -2.39. The topological polar surface area (TPSA) is 44.5 Å². The van der Waals surface area contributed by atoms with Gasteiger partial charge in [-0.3, -0.25) is 0 Å². The van der Waals surface area contributed by atoms with Crippen molar-refractivity contribution in [1.82, 2.24) is 0 Å². The summed E-state index contributed by atoms with van der Waals surface area (Å²) in [5.74, 6) is 0.572. The van der Waals surface area contributed by atoms with Gasteiger partial charge in [-0.1, -0.05) is 6.07 Å². The fraction of sp³-hybridized carbons (Fsp3) is 0.714. The van der Waals surface area contributed by atoms with Crippen molar-refractivity contribution in [2.75, 3.05) is 19.8 Å². The lowest BCUT2D eigenvalue weighted by Crippen LogP contribution is -2.46. The van der Waals surface area contributed by atoms with E-state index in [0.717, 1.165) is 45.5 Å². The molecule has 100 valence electrons. The Morgan fingerprint density at radius 3 is 3.17 bits per heavy atom. The molecule has 1 spiro atoms. The van der Waals surface area contributed by atoms with Gasteiger partial charge >= 0.3 is 0 Å². The van der Waals surface area contributed by atoms with Crippen LogP contribution in [0.5, 0.6) is 0 Å². The van der Waals surface area contributed by atoms with Gasteiger partial charge < -0.3 is 15.2 Å². The minimum atomic E-state index is -0.0179. The first-order valence-corrected chi connectivity index (χ1v) is 7.65. The summed E-state index contributed by atoms with van der Waals surface area (Å²) >= 11 is 1.80. The van der Waals surface area contributed by atoms with E-state index in [0.29, 0.717) is 5.92 Å². The highest BCUT2D eigenvalue weighted by Gasteiger charge is 2.42. The van der Waals surface area contributed by atoms with Gasteiger partial charge in [-0.25, -0.2) is 0 Å². The summed E-state index contributed by atoms with van der Waals surface area (Å²) in [7, 11) is 0. The first-order valence-electron chi connectivity index (χ1n) is 6.77. The van der Waals surface area contributed by atoms with Gasteiger partial charge in [0.1, 0.15) is 0 Å². The van der Waals surface area contributed by atoms with E-state index >= 15 is 0 Å². The van der Waals surface area contributed by atoms with E-state index in [1.807, 2.05) is 0 Å². The summed E-state index contributed by atoms with van der Waals surface area (Å²) in [4.78, 5) is 1.39. The van der Waals surface area contributed by atoms with Gasteiger partial charge in [0, 0.05) is 30.6 Å². The number of hydrogen-bond donors (Lipinski definition) is 1. The molecule has 0 bridgehead atoms. The van der Waals surface area contributed by atoms with Crippen molar-refractivity contribution in [3.8, 4) is 0 Å². The number of rotatable bonds is 3. The second kappa shape index (κ2) is 5.29. The number of nitrogens with two attached hydrogens (primary N) is 1. The summed E-state index contributed by atoms with van der Waals surface area (Å²) in [5.41, 5.74) is 6.38. The van der Waals surface area contributed by atoms with Crippen LogP contribution < -0.4 is 5.73 Å². The van der Waals surface area contributed by atoms with Crippen LogP contribution in [0.25, 0.3) is 0 Å². The van der Waals surface area contributed by atoms with E-state index in [1.165, 1.54) is 4.88 Å². The van der Waals surface area contributed by atoms with Crippen LogP contribution >= 0.6 is 11.3 Å². The van der Waals surface area contributed by atoms with E-state index in [4.69, 9.17) is 15.2 Å². The second-order valence-corrected chi connectivity index (χ2v) is 6.57. The lowest BCUT2D eigenvalue weighted by atomic mass is 9.80. The van der Waals surface area contributed by atoms with Gasteiger partial charge in [0.2, 0.25) is 0 Å². The smallest absolute Gasteiger partial charge is 0.0939 e. The summed E-state index contributed by atoms with van der Waals surface area (Å²) in [6.45, 7) is 2.44. The van der Waals surface area contributed by atoms with Crippen molar-refractivity contribution in [3.05, 3.63) is 22.4 Å². The molecule has 0 aromatic carbocycles. The van der Waals surface area contributed by atoms with Gasteiger partial charge in [-0.05, 0) is 36.6 Å². The van der Waals surface area contributed by atoms with Gasteiger partial charge in [-0.15, -0.1) is 11.3 Å². The molecule has 2 N–H and O–H groups in total. The maximum absolute atomic E-state index is 6.40. The SMILES string of the molecule is NC(Cc1cccs1)C1CCOC2(CCOC2)C1. The molecule has 0 radical (unpaired) electrons. The molecule has 0 aliphatic carbocycles. The molecule has 3 atom stereocenters. The molecule has 1 aromatic rings. The Morgan fingerprint density at radius 2 is 2.44 bits per heavy atom.